The quantitative estimate of drug-likeness (QED) is 0.176. The standard InChI is InChI=1S/C36H31BO/c1-35(2)36(3,4)37(35)38-28-14-10-13-26(22-28)24-11-9-12-25(21-24)27-19-20-33-31-17-6-5-15-29(31)30-16-7-8-18-32(30)34(33)23-27/h5-23H,1-4H3. The summed E-state index contributed by atoms with van der Waals surface area (Å²) in [7, 11) is 0. The highest BCUT2D eigenvalue weighted by atomic mass is 16.4. The van der Waals surface area contributed by atoms with Crippen molar-refractivity contribution in [2.24, 2.45) is 0 Å². The lowest BCUT2D eigenvalue weighted by Crippen LogP contribution is -2.09. The molecular weight excluding hydrogens is 459 g/mol. The number of fused-ring (bicyclic) bond motifs is 6. The third-order valence-corrected chi connectivity index (χ3v) is 9.25. The number of rotatable bonds is 4. The second kappa shape index (κ2) is 8.23. The molecule has 1 saturated heterocycles. The van der Waals surface area contributed by atoms with Crippen LogP contribution in [0.2, 0.25) is 10.6 Å². The van der Waals surface area contributed by atoms with Crippen molar-refractivity contribution >= 4 is 39.2 Å². The molecule has 0 unspecified atom stereocenters. The molecule has 0 bridgehead atoms. The Morgan fingerprint density at radius 1 is 0.421 bits per heavy atom. The molecule has 1 fully saturated rings. The average Bonchev–Trinajstić information content (AvgIpc) is 3.34. The zero-order valence-electron chi connectivity index (χ0n) is 22.5. The van der Waals surface area contributed by atoms with Gasteiger partial charge in [-0.3, -0.25) is 0 Å². The Kier molecular flexibility index (Phi) is 5.01. The van der Waals surface area contributed by atoms with Crippen molar-refractivity contribution in [2.75, 3.05) is 0 Å². The van der Waals surface area contributed by atoms with Gasteiger partial charge < -0.3 is 4.65 Å². The van der Waals surface area contributed by atoms with Crippen LogP contribution >= 0.6 is 0 Å². The summed E-state index contributed by atoms with van der Waals surface area (Å²) in [5.41, 5.74) is 4.83. The van der Waals surface area contributed by atoms with Crippen molar-refractivity contribution in [1.29, 1.82) is 0 Å². The van der Waals surface area contributed by atoms with Crippen LogP contribution in [-0.4, -0.2) is 6.92 Å². The summed E-state index contributed by atoms with van der Waals surface area (Å²) in [5.74, 6) is 0.945. The van der Waals surface area contributed by atoms with E-state index in [2.05, 4.69) is 143 Å². The SMILES string of the molecule is CC1(C)B(Oc2cccc(-c3cccc(-c4ccc5c6ccccc6c6ccccc6c5c4)c3)c2)C1(C)C. The van der Waals surface area contributed by atoms with Gasteiger partial charge in [-0.25, -0.2) is 0 Å². The molecule has 1 aliphatic heterocycles. The summed E-state index contributed by atoms with van der Waals surface area (Å²) < 4.78 is 6.46. The van der Waals surface area contributed by atoms with Crippen LogP contribution in [0.4, 0.5) is 0 Å². The van der Waals surface area contributed by atoms with E-state index in [1.807, 2.05) is 0 Å². The summed E-state index contributed by atoms with van der Waals surface area (Å²) in [6.45, 7) is 9.41. The van der Waals surface area contributed by atoms with Gasteiger partial charge in [0.05, 0.1) is 5.75 Å². The van der Waals surface area contributed by atoms with E-state index in [0.29, 0.717) is 0 Å². The van der Waals surface area contributed by atoms with Gasteiger partial charge in [-0.15, -0.1) is 0 Å². The number of hydrogen-bond acceptors (Lipinski definition) is 1. The summed E-state index contributed by atoms with van der Waals surface area (Å²) in [5, 5.41) is 8.20. The fraction of sp³-hybridized carbons (Fsp3) is 0.167. The molecule has 1 nitrogen and oxygen atoms in total. The molecule has 184 valence electrons. The highest BCUT2D eigenvalue weighted by molar-refractivity contribution is 6.73. The van der Waals surface area contributed by atoms with Crippen LogP contribution in [0.25, 0.3) is 54.6 Å². The lowest BCUT2D eigenvalue weighted by Gasteiger charge is -2.13. The lowest BCUT2D eigenvalue weighted by molar-refractivity contribution is 0.580. The molecule has 0 atom stereocenters. The predicted molar refractivity (Wildman–Crippen MR) is 164 cm³/mol. The molecule has 0 radical (unpaired) electrons. The Labute approximate surface area is 225 Å². The van der Waals surface area contributed by atoms with Crippen molar-refractivity contribution in [3.63, 3.8) is 0 Å². The molecule has 0 spiro atoms. The van der Waals surface area contributed by atoms with E-state index in [4.69, 9.17) is 4.65 Å². The summed E-state index contributed by atoms with van der Waals surface area (Å²) in [6, 6.07) is 41.8. The van der Waals surface area contributed by atoms with Gasteiger partial charge in [0, 0.05) is 0 Å². The van der Waals surface area contributed by atoms with E-state index >= 15 is 0 Å². The van der Waals surface area contributed by atoms with Gasteiger partial charge in [0.2, 0.25) is 0 Å². The zero-order chi connectivity index (χ0) is 26.1. The Bertz CT molecular complexity index is 1810. The molecule has 0 saturated carbocycles. The van der Waals surface area contributed by atoms with Gasteiger partial charge in [-0.2, -0.15) is 0 Å². The van der Waals surface area contributed by atoms with Crippen molar-refractivity contribution in [3.8, 4) is 28.0 Å². The minimum absolute atomic E-state index is 0.189. The zero-order valence-corrected chi connectivity index (χ0v) is 22.5. The second-order valence-electron chi connectivity index (χ2n) is 11.9. The maximum Gasteiger partial charge on any atom is 0.369 e. The fourth-order valence-electron chi connectivity index (χ4n) is 6.28. The van der Waals surface area contributed by atoms with E-state index in [9.17, 15) is 0 Å². The second-order valence-corrected chi connectivity index (χ2v) is 11.9. The van der Waals surface area contributed by atoms with Crippen molar-refractivity contribution in [2.45, 2.75) is 38.3 Å². The van der Waals surface area contributed by atoms with Crippen LogP contribution in [0.1, 0.15) is 27.7 Å². The van der Waals surface area contributed by atoms with Gasteiger partial charge in [-0.05, 0) is 89.5 Å². The molecule has 0 aromatic heterocycles. The lowest BCUT2D eigenvalue weighted by atomic mass is 9.78. The predicted octanol–water partition coefficient (Wildman–Crippen LogP) is 10.4. The third kappa shape index (κ3) is 3.47. The van der Waals surface area contributed by atoms with Crippen LogP contribution in [0.3, 0.4) is 0 Å². The third-order valence-electron chi connectivity index (χ3n) is 9.25. The summed E-state index contributed by atoms with van der Waals surface area (Å²) >= 11 is 0. The molecule has 1 heterocycles. The maximum atomic E-state index is 6.46. The van der Waals surface area contributed by atoms with E-state index in [0.717, 1.165) is 5.75 Å². The van der Waals surface area contributed by atoms with Gasteiger partial charge in [0.1, 0.15) is 0 Å². The van der Waals surface area contributed by atoms with Crippen LogP contribution in [-0.2, 0) is 0 Å². The molecule has 0 aliphatic carbocycles. The van der Waals surface area contributed by atoms with E-state index in [-0.39, 0.29) is 17.5 Å². The molecule has 1 aliphatic rings. The molecule has 2 heteroatoms. The molecule has 38 heavy (non-hydrogen) atoms. The van der Waals surface area contributed by atoms with Gasteiger partial charge in [0.15, 0.2) is 0 Å². The molecule has 6 aromatic rings. The van der Waals surface area contributed by atoms with Gasteiger partial charge >= 0.3 is 6.92 Å². The smallest absolute Gasteiger partial charge is 0.369 e. The van der Waals surface area contributed by atoms with Crippen molar-refractivity contribution < 1.29 is 4.65 Å². The van der Waals surface area contributed by atoms with Crippen LogP contribution in [0, 0.1) is 0 Å². The van der Waals surface area contributed by atoms with E-state index in [1.54, 1.807) is 0 Å². The molecule has 0 N–H and O–H groups in total. The van der Waals surface area contributed by atoms with Crippen LogP contribution in [0.15, 0.2) is 115 Å². The number of benzene rings is 6. The molecule has 7 rings (SSSR count). The minimum Gasteiger partial charge on any atom is -0.560 e. The largest absolute Gasteiger partial charge is 0.560 e. The first-order chi connectivity index (χ1) is 18.3. The Balaban J connectivity index is 1.30. The minimum atomic E-state index is 0.189. The van der Waals surface area contributed by atoms with E-state index in [1.165, 1.54) is 54.6 Å². The van der Waals surface area contributed by atoms with Crippen LogP contribution < -0.4 is 4.65 Å². The van der Waals surface area contributed by atoms with Gasteiger partial charge in [0.25, 0.3) is 0 Å². The first-order valence-corrected chi connectivity index (χ1v) is 13.6. The molecular formula is C36H31BO. The highest BCUT2D eigenvalue weighted by Gasteiger charge is 2.72. The Hall–Kier alpha value is -4.04. The summed E-state index contributed by atoms with van der Waals surface area (Å²) in [6.07, 6.45) is 0. The first-order valence-electron chi connectivity index (χ1n) is 13.6. The number of hydrogen-bond donors (Lipinski definition) is 0. The maximum absolute atomic E-state index is 6.46. The fourth-order valence-corrected chi connectivity index (χ4v) is 6.28. The molecule has 0 amide bonds. The van der Waals surface area contributed by atoms with Crippen molar-refractivity contribution in [1.82, 2.24) is 0 Å². The monoisotopic (exact) mass is 490 g/mol. The van der Waals surface area contributed by atoms with E-state index < -0.39 is 0 Å². The Morgan fingerprint density at radius 3 is 1.42 bits per heavy atom. The summed E-state index contributed by atoms with van der Waals surface area (Å²) in [4.78, 5) is 0. The van der Waals surface area contributed by atoms with Crippen molar-refractivity contribution in [3.05, 3.63) is 115 Å². The average molecular weight is 490 g/mol. The topological polar surface area (TPSA) is 9.23 Å². The van der Waals surface area contributed by atoms with Gasteiger partial charge in [-0.1, -0.05) is 119 Å². The van der Waals surface area contributed by atoms with Crippen LogP contribution in [0.5, 0.6) is 5.75 Å². The normalized spacial score (nSPS) is 15.7. The molecule has 6 aromatic carbocycles. The Morgan fingerprint density at radius 2 is 0.868 bits per heavy atom. The first kappa shape index (κ1) is 23.1. The highest BCUT2D eigenvalue weighted by Crippen LogP contribution is 2.73.